The molecule has 5 atom stereocenters. The van der Waals surface area contributed by atoms with Crippen molar-refractivity contribution in [2.24, 2.45) is 11.7 Å². The number of hydrogen-bond donors (Lipinski definition) is 9. The highest BCUT2D eigenvalue weighted by molar-refractivity contribution is 7.98. The second-order valence-corrected chi connectivity index (χ2v) is 14.3. The SMILES string of the molecule is CSCC[C@H](NC(=O)[C@H](CC(C)C)NC(=O)CNC(=O)[C@H](Cc1ccccc1)N(C)C(=O)[C@H](Cc1ccccc1)NC(=O)[C@H](CC(=O)O)NC(=O)NO)C(N)=O. The fraction of sp³-hybridized carbons (Fsp3) is 0.459. The number of carboxylic acid groups (broad SMARTS) is 1. The molecule has 8 amide bonds. The molecule has 0 aromatic heterocycles. The number of primary amides is 1. The summed E-state index contributed by atoms with van der Waals surface area (Å²) in [7, 11) is 1.33. The molecule has 19 heteroatoms. The van der Waals surface area contributed by atoms with Crippen molar-refractivity contribution < 1.29 is 48.7 Å². The number of carboxylic acids is 1. The molecular formula is C37H52N8O10S. The van der Waals surface area contributed by atoms with Gasteiger partial charge in [0.15, 0.2) is 0 Å². The van der Waals surface area contributed by atoms with Crippen LogP contribution in [0.5, 0.6) is 0 Å². The number of carbonyl (C=O) groups excluding carboxylic acids is 7. The van der Waals surface area contributed by atoms with Gasteiger partial charge in [-0.05, 0) is 41.9 Å². The van der Waals surface area contributed by atoms with Gasteiger partial charge < -0.3 is 42.3 Å². The third-order valence-corrected chi connectivity index (χ3v) is 9.09. The van der Waals surface area contributed by atoms with Gasteiger partial charge in [0.05, 0.1) is 13.0 Å². The molecule has 0 radical (unpaired) electrons. The molecule has 2 rings (SSSR count). The second kappa shape index (κ2) is 24.0. The number of amides is 8. The van der Waals surface area contributed by atoms with Crippen LogP contribution in [0.4, 0.5) is 4.79 Å². The standard InChI is InChI=1S/C37H52N8O10S/c1-22(2)17-26(33(50)41-25(32(38)49)15-16-56-4)40-30(46)21-39-35(52)29(19-24-13-9-6-10-14-24)45(3)36(53)28(18-23-11-7-5-8-12-23)42-34(51)27(20-31(47)48)43-37(54)44-55/h5-14,22,25-29,55H,15-21H2,1-4H3,(H2,38,49)(H,39,52)(H,40,46)(H,41,50)(H,42,51)(H,47,48)(H2,43,44,54)/t25-,26-,27-,28-,29-/m0/s1. The maximum Gasteiger partial charge on any atom is 0.339 e. The average molecular weight is 801 g/mol. The van der Waals surface area contributed by atoms with E-state index in [2.05, 4.69) is 21.3 Å². The van der Waals surface area contributed by atoms with E-state index >= 15 is 0 Å². The summed E-state index contributed by atoms with van der Waals surface area (Å²) in [6, 6.07) is 9.66. The highest BCUT2D eigenvalue weighted by atomic mass is 32.2. The van der Waals surface area contributed by atoms with Crippen molar-refractivity contribution in [2.45, 2.75) is 76.2 Å². The van der Waals surface area contributed by atoms with E-state index < -0.39 is 90.6 Å². The maximum absolute atomic E-state index is 14.2. The molecule has 0 aliphatic carbocycles. The maximum atomic E-state index is 14.2. The van der Waals surface area contributed by atoms with Crippen molar-refractivity contribution in [3.05, 3.63) is 71.8 Å². The first kappa shape index (κ1) is 46.5. The summed E-state index contributed by atoms with van der Waals surface area (Å²) in [4.78, 5) is 104. The number of nitrogens with zero attached hydrogens (tertiary/aromatic N) is 1. The minimum atomic E-state index is -1.70. The zero-order valence-corrected chi connectivity index (χ0v) is 32.6. The first-order chi connectivity index (χ1) is 26.6. The molecule has 2 aromatic carbocycles. The molecule has 2 aromatic rings. The molecule has 0 saturated carbocycles. The fourth-order valence-electron chi connectivity index (χ4n) is 5.57. The Labute approximate surface area is 329 Å². The number of nitrogens with two attached hydrogens (primary N) is 1. The lowest BCUT2D eigenvalue weighted by molar-refractivity contribution is -0.143. The lowest BCUT2D eigenvalue weighted by atomic mass is 10.0. The van der Waals surface area contributed by atoms with Crippen LogP contribution in [0.1, 0.15) is 44.2 Å². The number of hydrogen-bond acceptors (Lipinski definition) is 10. The van der Waals surface area contributed by atoms with Crippen LogP contribution in [0, 0.1) is 5.92 Å². The summed E-state index contributed by atoms with van der Waals surface area (Å²) in [5.74, 6) is -5.53. The quantitative estimate of drug-likeness (QED) is 0.0519. The molecule has 0 unspecified atom stereocenters. The van der Waals surface area contributed by atoms with Gasteiger partial charge in [0.25, 0.3) is 0 Å². The Morgan fingerprint density at radius 1 is 0.750 bits per heavy atom. The number of urea groups is 1. The van der Waals surface area contributed by atoms with Crippen LogP contribution in [-0.2, 0) is 46.4 Å². The van der Waals surface area contributed by atoms with Gasteiger partial charge in [-0.15, -0.1) is 0 Å². The van der Waals surface area contributed by atoms with Crippen LogP contribution in [0.15, 0.2) is 60.7 Å². The van der Waals surface area contributed by atoms with Gasteiger partial charge in [-0.3, -0.25) is 38.8 Å². The minimum absolute atomic E-state index is 0.0225. The molecule has 0 heterocycles. The van der Waals surface area contributed by atoms with Crippen molar-refractivity contribution in [1.82, 2.24) is 37.0 Å². The van der Waals surface area contributed by atoms with Gasteiger partial charge in [0.2, 0.25) is 35.4 Å². The average Bonchev–Trinajstić information content (AvgIpc) is 3.16. The summed E-state index contributed by atoms with van der Waals surface area (Å²) in [6.07, 6.45) is 1.35. The normalized spacial score (nSPS) is 13.5. The van der Waals surface area contributed by atoms with Crippen molar-refractivity contribution in [3.63, 3.8) is 0 Å². The van der Waals surface area contributed by atoms with Crippen molar-refractivity contribution >= 4 is 59.2 Å². The molecule has 306 valence electrons. The van der Waals surface area contributed by atoms with Gasteiger partial charge in [0.1, 0.15) is 30.2 Å². The third kappa shape index (κ3) is 16.4. The fourth-order valence-corrected chi connectivity index (χ4v) is 6.04. The Kier molecular flexibility index (Phi) is 19.9. The predicted octanol–water partition coefficient (Wildman–Crippen LogP) is -0.314. The van der Waals surface area contributed by atoms with Gasteiger partial charge >= 0.3 is 12.0 Å². The molecule has 56 heavy (non-hydrogen) atoms. The van der Waals surface area contributed by atoms with E-state index in [1.165, 1.54) is 24.3 Å². The third-order valence-electron chi connectivity index (χ3n) is 8.44. The van der Waals surface area contributed by atoms with Gasteiger partial charge in [-0.25, -0.2) is 10.3 Å². The molecule has 0 fully saturated rings. The van der Waals surface area contributed by atoms with Gasteiger partial charge in [0, 0.05) is 19.9 Å². The number of rotatable bonds is 23. The molecule has 0 saturated heterocycles. The number of thioether (sulfide) groups is 1. The van der Waals surface area contributed by atoms with Gasteiger partial charge in [-0.1, -0.05) is 74.5 Å². The number of nitrogens with one attached hydrogen (secondary N) is 6. The Hall–Kier alpha value is -5.69. The number of benzene rings is 2. The summed E-state index contributed by atoms with van der Waals surface area (Å²) in [5, 5.41) is 30.5. The van der Waals surface area contributed by atoms with E-state index in [1.54, 1.807) is 60.7 Å². The number of hydroxylamine groups is 1. The molecular weight excluding hydrogens is 749 g/mol. The molecule has 0 aliphatic rings. The molecule has 0 spiro atoms. The van der Waals surface area contributed by atoms with Crippen LogP contribution in [0.25, 0.3) is 0 Å². The number of carbonyl (C=O) groups is 8. The highest BCUT2D eigenvalue weighted by Gasteiger charge is 2.35. The first-order valence-electron chi connectivity index (χ1n) is 17.8. The Morgan fingerprint density at radius 3 is 1.82 bits per heavy atom. The Bertz CT molecular complexity index is 1650. The van der Waals surface area contributed by atoms with Crippen molar-refractivity contribution in [3.8, 4) is 0 Å². The first-order valence-corrected chi connectivity index (χ1v) is 19.2. The lowest BCUT2D eigenvalue weighted by Gasteiger charge is -2.32. The second-order valence-electron chi connectivity index (χ2n) is 13.4. The van der Waals surface area contributed by atoms with Crippen molar-refractivity contribution in [1.29, 1.82) is 0 Å². The predicted molar refractivity (Wildman–Crippen MR) is 207 cm³/mol. The van der Waals surface area contributed by atoms with Crippen LogP contribution >= 0.6 is 11.8 Å². The van der Waals surface area contributed by atoms with E-state index in [4.69, 9.17) is 10.9 Å². The van der Waals surface area contributed by atoms with Crippen LogP contribution in [-0.4, -0.2) is 118 Å². The van der Waals surface area contributed by atoms with E-state index in [0.717, 1.165) is 4.90 Å². The van der Waals surface area contributed by atoms with E-state index in [9.17, 15) is 43.5 Å². The van der Waals surface area contributed by atoms with Crippen LogP contribution in [0.3, 0.4) is 0 Å². The van der Waals surface area contributed by atoms with E-state index in [-0.39, 0.29) is 25.2 Å². The Morgan fingerprint density at radius 2 is 1.30 bits per heavy atom. The lowest BCUT2D eigenvalue weighted by Crippen LogP contribution is -2.59. The zero-order chi connectivity index (χ0) is 41.8. The zero-order valence-electron chi connectivity index (χ0n) is 31.8. The molecule has 10 N–H and O–H groups in total. The summed E-state index contributed by atoms with van der Waals surface area (Å²) >= 11 is 1.47. The molecule has 18 nitrogen and oxygen atoms in total. The Balaban J connectivity index is 2.35. The number of likely N-dealkylation sites (N-methyl/N-ethyl adjacent to an activating group) is 1. The van der Waals surface area contributed by atoms with Crippen LogP contribution in [0.2, 0.25) is 0 Å². The molecule has 0 aliphatic heterocycles. The summed E-state index contributed by atoms with van der Waals surface area (Å²) in [6.45, 7) is 3.10. The summed E-state index contributed by atoms with van der Waals surface area (Å²) in [5.41, 5.74) is 7.99. The van der Waals surface area contributed by atoms with E-state index in [1.807, 2.05) is 25.4 Å². The smallest absolute Gasteiger partial charge is 0.339 e. The monoisotopic (exact) mass is 800 g/mol. The highest BCUT2D eigenvalue weighted by Crippen LogP contribution is 2.14. The minimum Gasteiger partial charge on any atom is -0.481 e. The number of aliphatic carboxylic acids is 1. The molecule has 0 bridgehead atoms. The van der Waals surface area contributed by atoms with Crippen molar-refractivity contribution in [2.75, 3.05) is 25.6 Å². The van der Waals surface area contributed by atoms with Crippen LogP contribution < -0.4 is 37.8 Å². The largest absolute Gasteiger partial charge is 0.481 e. The van der Waals surface area contributed by atoms with E-state index in [0.29, 0.717) is 23.3 Å². The van der Waals surface area contributed by atoms with Gasteiger partial charge in [-0.2, -0.15) is 11.8 Å². The topological polar surface area (TPSA) is 278 Å². The summed E-state index contributed by atoms with van der Waals surface area (Å²) < 4.78 is 0.